The second-order valence-corrected chi connectivity index (χ2v) is 5.01. The summed E-state index contributed by atoms with van der Waals surface area (Å²) in [5.74, 6) is 0.295. The number of nitrogens with one attached hydrogen (secondary N) is 1. The summed E-state index contributed by atoms with van der Waals surface area (Å²) in [6.45, 7) is 5.22. The summed E-state index contributed by atoms with van der Waals surface area (Å²) in [6.07, 6.45) is -0.668. The van der Waals surface area contributed by atoms with Crippen molar-refractivity contribution in [2.45, 2.75) is 32.8 Å². The number of rotatable bonds is 4. The lowest BCUT2D eigenvalue weighted by Gasteiger charge is -2.19. The van der Waals surface area contributed by atoms with E-state index in [-0.39, 0.29) is 24.1 Å². The number of methoxy groups -OCH3 is 2. The van der Waals surface area contributed by atoms with Gasteiger partial charge in [0.2, 0.25) is 17.7 Å². The Bertz CT molecular complexity index is 535. The third-order valence-electron chi connectivity index (χ3n) is 2.19. The van der Waals surface area contributed by atoms with Gasteiger partial charge in [0.05, 0.1) is 32.3 Å². The Morgan fingerprint density at radius 3 is 2.14 bits per heavy atom. The van der Waals surface area contributed by atoms with E-state index >= 15 is 0 Å². The molecule has 8 nitrogen and oxygen atoms in total. The number of nitrogens with zero attached hydrogens (tertiary/aromatic N) is 3. The maximum atomic E-state index is 11.7. The highest BCUT2D eigenvalue weighted by Gasteiger charge is 2.20. The predicted octanol–water partition coefficient (Wildman–Crippen LogP) is 1.91. The van der Waals surface area contributed by atoms with Gasteiger partial charge < -0.3 is 14.2 Å². The van der Waals surface area contributed by atoms with Crippen LogP contribution in [0.25, 0.3) is 0 Å². The third kappa shape index (κ3) is 4.80. The molecule has 0 unspecified atom stereocenters. The summed E-state index contributed by atoms with van der Waals surface area (Å²) in [6, 6.07) is 1.97. The van der Waals surface area contributed by atoms with Crippen molar-refractivity contribution in [3.63, 3.8) is 0 Å². The molecule has 0 saturated carbocycles. The minimum absolute atomic E-state index is 0.0268. The van der Waals surface area contributed by atoms with Crippen molar-refractivity contribution in [1.29, 1.82) is 5.26 Å². The lowest BCUT2D eigenvalue weighted by Crippen LogP contribution is -2.28. The molecule has 21 heavy (non-hydrogen) atoms. The van der Waals surface area contributed by atoms with Crippen LogP contribution in [0.1, 0.15) is 26.3 Å². The maximum Gasteiger partial charge on any atom is 0.414 e. The van der Waals surface area contributed by atoms with Gasteiger partial charge in [-0.3, -0.25) is 5.32 Å². The first-order valence-electron chi connectivity index (χ1n) is 6.16. The second-order valence-electron chi connectivity index (χ2n) is 5.01. The number of carbonyl (C=O) groups is 1. The molecule has 0 saturated heterocycles. The number of nitriles is 1. The first-order valence-corrected chi connectivity index (χ1v) is 6.16. The summed E-state index contributed by atoms with van der Waals surface area (Å²) >= 11 is 0. The molecule has 0 radical (unpaired) electrons. The molecule has 1 aromatic heterocycles. The van der Waals surface area contributed by atoms with E-state index in [1.807, 2.05) is 6.07 Å². The van der Waals surface area contributed by atoms with Gasteiger partial charge >= 0.3 is 6.09 Å². The van der Waals surface area contributed by atoms with Crippen LogP contribution in [0.2, 0.25) is 0 Å². The van der Waals surface area contributed by atoms with E-state index in [0.717, 1.165) is 0 Å². The Kier molecular flexibility index (Phi) is 5.30. The maximum absolute atomic E-state index is 11.7. The standard InChI is InChI=1S/C13H18N4O4/c1-13(2,3)21-12(18)17-11-15-9(19-4)8(6-7-14)10(16-11)20-5/h6H2,1-5H3,(H,15,16,17,18). The van der Waals surface area contributed by atoms with E-state index in [4.69, 9.17) is 19.5 Å². The molecule has 0 fully saturated rings. The zero-order valence-corrected chi connectivity index (χ0v) is 12.7. The molecule has 114 valence electrons. The molecule has 0 aliphatic carbocycles. The summed E-state index contributed by atoms with van der Waals surface area (Å²) in [7, 11) is 2.81. The van der Waals surface area contributed by atoms with Gasteiger partial charge in [-0.1, -0.05) is 0 Å². The van der Waals surface area contributed by atoms with Crippen LogP contribution in [0.4, 0.5) is 10.7 Å². The fraction of sp³-hybridized carbons (Fsp3) is 0.538. The quantitative estimate of drug-likeness (QED) is 0.903. The van der Waals surface area contributed by atoms with Gasteiger partial charge in [-0.05, 0) is 20.8 Å². The predicted molar refractivity (Wildman–Crippen MR) is 74.3 cm³/mol. The molecule has 0 aliphatic heterocycles. The van der Waals surface area contributed by atoms with Gasteiger partial charge in [0.25, 0.3) is 0 Å². The molecule has 0 spiro atoms. The van der Waals surface area contributed by atoms with Crippen LogP contribution in [0.3, 0.4) is 0 Å². The minimum atomic E-state index is -0.695. The molecule has 1 rings (SSSR count). The molecular weight excluding hydrogens is 276 g/mol. The van der Waals surface area contributed by atoms with E-state index in [1.54, 1.807) is 20.8 Å². The SMILES string of the molecule is COc1nc(NC(=O)OC(C)(C)C)nc(OC)c1CC#N. The van der Waals surface area contributed by atoms with Crippen molar-refractivity contribution in [1.82, 2.24) is 9.97 Å². The third-order valence-corrected chi connectivity index (χ3v) is 2.19. The van der Waals surface area contributed by atoms with Crippen molar-refractivity contribution < 1.29 is 19.0 Å². The van der Waals surface area contributed by atoms with E-state index in [1.165, 1.54) is 14.2 Å². The van der Waals surface area contributed by atoms with E-state index < -0.39 is 11.7 Å². The van der Waals surface area contributed by atoms with Crippen LogP contribution in [-0.4, -0.2) is 35.9 Å². The highest BCUT2D eigenvalue weighted by atomic mass is 16.6. The normalized spacial score (nSPS) is 10.5. The smallest absolute Gasteiger partial charge is 0.414 e. The number of hydrogen-bond acceptors (Lipinski definition) is 7. The topological polar surface area (TPSA) is 106 Å². The minimum Gasteiger partial charge on any atom is -0.481 e. The lowest BCUT2D eigenvalue weighted by atomic mass is 10.2. The van der Waals surface area contributed by atoms with Gasteiger partial charge in [0.1, 0.15) is 5.60 Å². The Labute approximate surface area is 123 Å². The van der Waals surface area contributed by atoms with E-state index in [0.29, 0.717) is 5.56 Å². The van der Waals surface area contributed by atoms with Crippen LogP contribution in [0.5, 0.6) is 11.8 Å². The van der Waals surface area contributed by atoms with Gasteiger partial charge in [-0.2, -0.15) is 15.2 Å². The average Bonchev–Trinajstić information content (AvgIpc) is 2.37. The highest BCUT2D eigenvalue weighted by molar-refractivity contribution is 5.82. The van der Waals surface area contributed by atoms with Crippen molar-refractivity contribution in [3.8, 4) is 17.8 Å². The van der Waals surface area contributed by atoms with Crippen LogP contribution < -0.4 is 14.8 Å². The van der Waals surface area contributed by atoms with Crippen molar-refractivity contribution in [2.75, 3.05) is 19.5 Å². The molecular formula is C13H18N4O4. The van der Waals surface area contributed by atoms with E-state index in [2.05, 4.69) is 15.3 Å². The Hall–Kier alpha value is -2.56. The first-order chi connectivity index (χ1) is 9.80. The Morgan fingerprint density at radius 1 is 1.24 bits per heavy atom. The average molecular weight is 294 g/mol. The fourth-order valence-electron chi connectivity index (χ4n) is 1.46. The fourth-order valence-corrected chi connectivity index (χ4v) is 1.46. The Morgan fingerprint density at radius 2 is 1.76 bits per heavy atom. The molecule has 0 atom stereocenters. The number of amides is 1. The van der Waals surface area contributed by atoms with Gasteiger partial charge in [0.15, 0.2) is 0 Å². The molecule has 1 aromatic rings. The van der Waals surface area contributed by atoms with Gasteiger partial charge in [0, 0.05) is 0 Å². The summed E-state index contributed by atoms with van der Waals surface area (Å²) in [5.41, 5.74) is -0.226. The number of aromatic nitrogens is 2. The molecule has 0 bridgehead atoms. The molecule has 0 aliphatic rings. The molecule has 0 aromatic carbocycles. The first kappa shape index (κ1) is 16.5. The summed E-state index contributed by atoms with van der Waals surface area (Å²) < 4.78 is 15.3. The number of hydrogen-bond donors (Lipinski definition) is 1. The lowest BCUT2D eigenvalue weighted by molar-refractivity contribution is 0.0634. The van der Waals surface area contributed by atoms with Crippen LogP contribution in [0, 0.1) is 11.3 Å². The second kappa shape index (κ2) is 6.74. The van der Waals surface area contributed by atoms with Crippen LogP contribution in [-0.2, 0) is 11.2 Å². The Balaban J connectivity index is 3.05. The molecule has 8 heteroatoms. The van der Waals surface area contributed by atoms with Gasteiger partial charge in [-0.25, -0.2) is 4.79 Å². The van der Waals surface area contributed by atoms with E-state index in [9.17, 15) is 4.79 Å². The zero-order chi connectivity index (χ0) is 16.0. The van der Waals surface area contributed by atoms with Gasteiger partial charge in [-0.15, -0.1) is 0 Å². The number of anilines is 1. The van der Waals surface area contributed by atoms with Crippen molar-refractivity contribution in [3.05, 3.63) is 5.56 Å². The summed E-state index contributed by atoms with van der Waals surface area (Å²) in [5, 5.41) is 11.2. The van der Waals surface area contributed by atoms with Crippen LogP contribution >= 0.6 is 0 Å². The summed E-state index contributed by atoms with van der Waals surface area (Å²) in [4.78, 5) is 19.7. The van der Waals surface area contributed by atoms with Crippen LogP contribution in [0.15, 0.2) is 0 Å². The monoisotopic (exact) mass is 294 g/mol. The largest absolute Gasteiger partial charge is 0.481 e. The molecule has 1 amide bonds. The van der Waals surface area contributed by atoms with Crippen molar-refractivity contribution in [2.24, 2.45) is 0 Å². The zero-order valence-electron chi connectivity index (χ0n) is 12.7. The molecule has 1 heterocycles. The van der Waals surface area contributed by atoms with Crippen molar-refractivity contribution >= 4 is 12.0 Å². The highest BCUT2D eigenvalue weighted by Crippen LogP contribution is 2.27. The number of carbonyl (C=O) groups excluding carboxylic acids is 1. The number of ether oxygens (including phenoxy) is 3. The molecule has 1 N–H and O–H groups in total.